The van der Waals surface area contributed by atoms with Crippen LogP contribution in [0.4, 0.5) is 0 Å². The Bertz CT molecular complexity index is 527. The van der Waals surface area contributed by atoms with Crippen molar-refractivity contribution >= 4 is 0 Å². The fourth-order valence-corrected chi connectivity index (χ4v) is 6.20. The van der Waals surface area contributed by atoms with Crippen molar-refractivity contribution in [2.75, 3.05) is 0 Å². The molecule has 0 bridgehead atoms. The van der Waals surface area contributed by atoms with Crippen LogP contribution in [0.15, 0.2) is 0 Å². The fraction of sp³-hybridized carbons (Fsp3) is 1.00. The highest BCUT2D eigenvalue weighted by atomic mass is 16.6. The van der Waals surface area contributed by atoms with E-state index < -0.39 is 24.1 Å². The smallest absolute Gasteiger partial charge is 0.192 e. The zero-order chi connectivity index (χ0) is 31.2. The van der Waals surface area contributed by atoms with Gasteiger partial charge in [-0.2, -0.15) is 0 Å². The van der Waals surface area contributed by atoms with Gasteiger partial charge in [-0.25, -0.2) is 0 Å². The van der Waals surface area contributed by atoms with Gasteiger partial charge in [0.25, 0.3) is 0 Å². The fourth-order valence-electron chi connectivity index (χ4n) is 6.20. The van der Waals surface area contributed by atoms with Crippen LogP contribution in [0.2, 0.25) is 0 Å². The molecule has 0 aromatic heterocycles. The predicted molar refractivity (Wildman–Crippen MR) is 183 cm³/mol. The molecule has 0 aromatic carbocycles. The van der Waals surface area contributed by atoms with Gasteiger partial charge < -0.3 is 20.1 Å². The van der Waals surface area contributed by atoms with Gasteiger partial charge in [-0.1, -0.05) is 188 Å². The van der Waals surface area contributed by atoms with Crippen molar-refractivity contribution in [3.05, 3.63) is 0 Å². The molecule has 254 valence electrons. The third kappa shape index (κ3) is 24.2. The summed E-state index contributed by atoms with van der Waals surface area (Å²) in [6.07, 6.45) is 31.4. The van der Waals surface area contributed by atoms with Gasteiger partial charge in [0.2, 0.25) is 0 Å². The van der Waals surface area contributed by atoms with Gasteiger partial charge in [0.05, 0.1) is 12.2 Å². The molecule has 0 heterocycles. The Balaban J connectivity index is 5.20. The van der Waals surface area contributed by atoms with Crippen LogP contribution >= 0.6 is 0 Å². The molecule has 0 rings (SSSR count). The molecule has 4 heteroatoms. The molecule has 0 aliphatic carbocycles. The third-order valence-electron chi connectivity index (χ3n) is 9.22. The minimum atomic E-state index is -1.57. The Kier molecular flexibility index (Phi) is 30.7. The lowest BCUT2D eigenvalue weighted by Crippen LogP contribution is -2.50. The summed E-state index contributed by atoms with van der Waals surface area (Å²) < 4.78 is 6.50. The highest BCUT2D eigenvalue weighted by Crippen LogP contribution is 2.30. The number of ether oxygens (including phenoxy) is 1. The number of hydrogen-bond acceptors (Lipinski definition) is 4. The Labute approximate surface area is 264 Å². The summed E-state index contributed by atoms with van der Waals surface area (Å²) in [7, 11) is 0. The average Bonchev–Trinajstić information content (AvgIpc) is 2.98. The van der Waals surface area contributed by atoms with Crippen molar-refractivity contribution in [2.24, 2.45) is 0 Å². The van der Waals surface area contributed by atoms with Crippen LogP contribution in [0, 0.1) is 0 Å². The topological polar surface area (TPSA) is 69.9 Å². The number of unbranched alkanes of at least 4 members (excludes halogenated alkanes) is 22. The van der Waals surface area contributed by atoms with E-state index in [9.17, 15) is 15.3 Å². The molecular formula is C38H78O4. The first-order valence-electron chi connectivity index (χ1n) is 19.2. The maximum Gasteiger partial charge on any atom is 0.192 e. The molecule has 0 saturated heterocycles. The van der Waals surface area contributed by atoms with Gasteiger partial charge in [0.15, 0.2) is 5.79 Å². The van der Waals surface area contributed by atoms with Gasteiger partial charge in [-0.3, -0.25) is 0 Å². The van der Waals surface area contributed by atoms with Crippen molar-refractivity contribution in [2.45, 2.75) is 244 Å². The summed E-state index contributed by atoms with van der Waals surface area (Å²) in [4.78, 5) is 0. The number of aliphatic hydroxyl groups is 3. The Hall–Kier alpha value is -0.160. The molecule has 4 unspecified atom stereocenters. The summed E-state index contributed by atoms with van der Waals surface area (Å²) in [6.45, 7) is 8.96. The standard InChI is InChI=1S/C38H78O4/c1-5-9-13-17-21-24-28-32-36(35(39)31-27-23-19-15-11-7-3)42-38(41,34-30-26-20-16-12-8-4)37(40)33-29-25-22-18-14-10-6-2/h35-37,39-41H,5-34H2,1-4H3. The van der Waals surface area contributed by atoms with Crippen LogP contribution in [0.1, 0.15) is 220 Å². The summed E-state index contributed by atoms with van der Waals surface area (Å²) >= 11 is 0. The van der Waals surface area contributed by atoms with E-state index in [4.69, 9.17) is 4.74 Å². The van der Waals surface area contributed by atoms with Crippen LogP contribution in [0.25, 0.3) is 0 Å². The summed E-state index contributed by atoms with van der Waals surface area (Å²) in [6, 6.07) is 0. The number of rotatable bonds is 34. The number of aliphatic hydroxyl groups excluding tert-OH is 2. The molecule has 0 amide bonds. The Morgan fingerprint density at radius 2 is 0.762 bits per heavy atom. The molecule has 0 fully saturated rings. The second-order valence-corrected chi connectivity index (χ2v) is 13.5. The molecule has 0 aliphatic heterocycles. The van der Waals surface area contributed by atoms with Crippen molar-refractivity contribution in [1.29, 1.82) is 0 Å². The van der Waals surface area contributed by atoms with Gasteiger partial charge in [-0.15, -0.1) is 0 Å². The highest BCUT2D eigenvalue weighted by molar-refractivity contribution is 4.82. The third-order valence-corrected chi connectivity index (χ3v) is 9.22. The zero-order valence-electron chi connectivity index (χ0n) is 29.2. The lowest BCUT2D eigenvalue weighted by atomic mass is 9.94. The van der Waals surface area contributed by atoms with Crippen LogP contribution in [0.5, 0.6) is 0 Å². The van der Waals surface area contributed by atoms with Crippen LogP contribution in [-0.4, -0.2) is 39.4 Å². The molecule has 4 atom stereocenters. The van der Waals surface area contributed by atoms with Crippen molar-refractivity contribution in [1.82, 2.24) is 0 Å². The van der Waals surface area contributed by atoms with E-state index in [2.05, 4.69) is 27.7 Å². The molecule has 42 heavy (non-hydrogen) atoms. The lowest BCUT2D eigenvalue weighted by molar-refractivity contribution is -0.294. The first-order valence-corrected chi connectivity index (χ1v) is 19.2. The molecule has 0 aliphatic rings. The summed E-state index contributed by atoms with van der Waals surface area (Å²) in [5, 5.41) is 34.5. The molecule has 4 nitrogen and oxygen atoms in total. The normalized spacial score (nSPS) is 15.5. The van der Waals surface area contributed by atoms with Crippen molar-refractivity contribution in [3.63, 3.8) is 0 Å². The zero-order valence-corrected chi connectivity index (χ0v) is 29.2. The van der Waals surface area contributed by atoms with Gasteiger partial charge in [0, 0.05) is 6.42 Å². The minimum Gasteiger partial charge on any atom is -0.390 e. The van der Waals surface area contributed by atoms with Crippen LogP contribution < -0.4 is 0 Å². The largest absolute Gasteiger partial charge is 0.390 e. The van der Waals surface area contributed by atoms with E-state index in [1.807, 2.05) is 0 Å². The molecular weight excluding hydrogens is 520 g/mol. The van der Waals surface area contributed by atoms with E-state index in [1.54, 1.807) is 0 Å². The minimum absolute atomic E-state index is 0.412. The monoisotopic (exact) mass is 599 g/mol. The maximum atomic E-state index is 11.9. The van der Waals surface area contributed by atoms with E-state index in [1.165, 1.54) is 116 Å². The Morgan fingerprint density at radius 1 is 0.429 bits per heavy atom. The predicted octanol–water partition coefficient (Wildman–Crippen LogP) is 11.6. The van der Waals surface area contributed by atoms with Gasteiger partial charge in [0.1, 0.15) is 6.10 Å². The van der Waals surface area contributed by atoms with E-state index in [0.717, 1.165) is 57.8 Å². The molecule has 0 radical (unpaired) electrons. The van der Waals surface area contributed by atoms with Crippen LogP contribution in [0.3, 0.4) is 0 Å². The maximum absolute atomic E-state index is 11.9. The summed E-state index contributed by atoms with van der Waals surface area (Å²) in [5.74, 6) is -1.57. The first-order chi connectivity index (χ1) is 20.4. The molecule has 0 saturated carbocycles. The quantitative estimate of drug-likeness (QED) is 0.0509. The van der Waals surface area contributed by atoms with E-state index in [0.29, 0.717) is 19.3 Å². The average molecular weight is 599 g/mol. The van der Waals surface area contributed by atoms with E-state index in [-0.39, 0.29) is 0 Å². The van der Waals surface area contributed by atoms with Gasteiger partial charge >= 0.3 is 0 Å². The second-order valence-electron chi connectivity index (χ2n) is 13.5. The molecule has 0 aromatic rings. The highest BCUT2D eigenvalue weighted by Gasteiger charge is 2.39. The molecule has 3 N–H and O–H groups in total. The second kappa shape index (κ2) is 30.8. The molecule has 0 spiro atoms. The van der Waals surface area contributed by atoms with Gasteiger partial charge in [-0.05, 0) is 25.7 Å². The van der Waals surface area contributed by atoms with Crippen LogP contribution in [-0.2, 0) is 4.74 Å². The van der Waals surface area contributed by atoms with Crippen molar-refractivity contribution < 1.29 is 20.1 Å². The Morgan fingerprint density at radius 3 is 1.19 bits per heavy atom. The first kappa shape index (κ1) is 41.8. The van der Waals surface area contributed by atoms with E-state index >= 15 is 0 Å². The lowest BCUT2D eigenvalue weighted by Gasteiger charge is -2.38. The van der Waals surface area contributed by atoms with Crippen molar-refractivity contribution in [3.8, 4) is 0 Å². The summed E-state index contributed by atoms with van der Waals surface area (Å²) in [5.41, 5.74) is 0. The SMILES string of the molecule is CCCCCCCCCC(OC(O)(CCCCCCCC)C(O)CCCCCCCCC)C(O)CCCCCCCC. The number of hydrogen-bond donors (Lipinski definition) is 3.